The highest BCUT2D eigenvalue weighted by Gasteiger charge is 1.95. The van der Waals surface area contributed by atoms with Gasteiger partial charge in [-0.1, -0.05) is 19.9 Å². The lowest BCUT2D eigenvalue weighted by atomic mass is 10.4. The van der Waals surface area contributed by atoms with Crippen molar-refractivity contribution in [3.63, 3.8) is 0 Å². The molecule has 0 bridgehead atoms. The molecule has 78 valence electrons. The van der Waals surface area contributed by atoms with Crippen molar-refractivity contribution in [1.82, 2.24) is 10.2 Å². The van der Waals surface area contributed by atoms with E-state index in [1.807, 2.05) is 32.8 Å². The average Bonchev–Trinajstić information content (AvgIpc) is 2.08. The van der Waals surface area contributed by atoms with Gasteiger partial charge in [0.25, 0.3) is 0 Å². The zero-order valence-electron chi connectivity index (χ0n) is 9.26. The summed E-state index contributed by atoms with van der Waals surface area (Å²) in [5, 5.41) is 2.76. The summed E-state index contributed by atoms with van der Waals surface area (Å²) in [6.45, 7) is 9.06. The van der Waals surface area contributed by atoms with Crippen molar-refractivity contribution in [3.05, 3.63) is 12.7 Å². The van der Waals surface area contributed by atoms with E-state index in [0.717, 1.165) is 6.54 Å². The fraction of sp³-hybridized carbons (Fsp3) is 0.700. The largest absolute Gasteiger partial charge is 0.355 e. The Kier molecular flexibility index (Phi) is 12.6. The quantitative estimate of drug-likeness (QED) is 0.656. The van der Waals surface area contributed by atoms with E-state index in [0.29, 0.717) is 13.0 Å². The van der Waals surface area contributed by atoms with E-state index in [4.69, 9.17) is 0 Å². The van der Waals surface area contributed by atoms with Gasteiger partial charge in [0, 0.05) is 19.5 Å². The van der Waals surface area contributed by atoms with Crippen LogP contribution in [0.2, 0.25) is 0 Å². The van der Waals surface area contributed by atoms with E-state index in [1.54, 1.807) is 6.08 Å². The Morgan fingerprint density at radius 1 is 1.46 bits per heavy atom. The number of likely N-dealkylation sites (N-methyl/N-ethyl adjacent to an activating group) is 1. The molecule has 0 radical (unpaired) electrons. The van der Waals surface area contributed by atoms with Crippen molar-refractivity contribution in [1.29, 1.82) is 0 Å². The Bertz CT molecular complexity index is 133. The van der Waals surface area contributed by atoms with Crippen molar-refractivity contribution < 1.29 is 4.79 Å². The molecule has 0 aliphatic rings. The van der Waals surface area contributed by atoms with Crippen LogP contribution in [-0.2, 0) is 4.79 Å². The van der Waals surface area contributed by atoms with Crippen LogP contribution >= 0.6 is 0 Å². The van der Waals surface area contributed by atoms with E-state index in [2.05, 4.69) is 11.9 Å². The molecule has 3 heteroatoms. The molecule has 0 atom stereocenters. The molecule has 0 aromatic carbocycles. The topological polar surface area (TPSA) is 32.3 Å². The summed E-state index contributed by atoms with van der Waals surface area (Å²) in [4.78, 5) is 12.8. The van der Waals surface area contributed by atoms with Crippen molar-refractivity contribution in [2.24, 2.45) is 0 Å². The van der Waals surface area contributed by atoms with Gasteiger partial charge in [-0.3, -0.25) is 4.79 Å². The Morgan fingerprint density at radius 3 is 2.38 bits per heavy atom. The highest BCUT2D eigenvalue weighted by atomic mass is 16.1. The third-order valence-corrected chi connectivity index (χ3v) is 1.21. The molecule has 13 heavy (non-hydrogen) atoms. The number of nitrogens with one attached hydrogen (secondary N) is 1. The van der Waals surface area contributed by atoms with Gasteiger partial charge in [0.15, 0.2) is 0 Å². The Hall–Kier alpha value is -0.830. The fourth-order valence-electron chi connectivity index (χ4n) is 0.622. The van der Waals surface area contributed by atoms with Crippen LogP contribution in [0, 0.1) is 0 Å². The minimum absolute atomic E-state index is 0.0434. The summed E-state index contributed by atoms with van der Waals surface area (Å²) in [5.41, 5.74) is 0. The Morgan fingerprint density at radius 2 is 2.00 bits per heavy atom. The second-order valence-electron chi connectivity index (χ2n) is 2.65. The highest BCUT2D eigenvalue weighted by molar-refractivity contribution is 5.77. The van der Waals surface area contributed by atoms with Crippen molar-refractivity contribution in [2.75, 3.05) is 27.2 Å². The van der Waals surface area contributed by atoms with E-state index in [9.17, 15) is 4.79 Å². The van der Waals surface area contributed by atoms with Crippen molar-refractivity contribution in [3.8, 4) is 0 Å². The van der Waals surface area contributed by atoms with Crippen molar-refractivity contribution >= 4 is 5.91 Å². The number of nitrogens with zero attached hydrogens (tertiary/aromatic N) is 1. The van der Waals surface area contributed by atoms with Crippen LogP contribution in [0.15, 0.2) is 12.7 Å². The summed E-state index contributed by atoms with van der Waals surface area (Å²) >= 11 is 0. The first-order valence-corrected chi connectivity index (χ1v) is 4.69. The molecule has 0 aromatic heterocycles. The summed E-state index contributed by atoms with van der Waals surface area (Å²) < 4.78 is 0. The molecular formula is C10H22N2O. The van der Waals surface area contributed by atoms with Crippen LogP contribution in [0.1, 0.15) is 20.3 Å². The predicted octanol–water partition coefficient (Wildman–Crippen LogP) is 1.27. The first kappa shape index (κ1) is 14.7. The molecular weight excluding hydrogens is 164 g/mol. The summed E-state index contributed by atoms with van der Waals surface area (Å²) in [6, 6.07) is 0. The van der Waals surface area contributed by atoms with Crippen LogP contribution in [0.5, 0.6) is 0 Å². The number of rotatable bonds is 5. The minimum Gasteiger partial charge on any atom is -0.355 e. The summed E-state index contributed by atoms with van der Waals surface area (Å²) in [7, 11) is 3.94. The van der Waals surface area contributed by atoms with Gasteiger partial charge in [-0.05, 0) is 14.1 Å². The summed E-state index contributed by atoms with van der Waals surface area (Å²) in [6.07, 6.45) is 2.01. The molecule has 0 saturated heterocycles. The molecule has 0 aliphatic heterocycles. The van der Waals surface area contributed by atoms with Crippen LogP contribution in [0.4, 0.5) is 0 Å². The zero-order chi connectivity index (χ0) is 10.7. The molecule has 0 aromatic rings. The van der Waals surface area contributed by atoms with Gasteiger partial charge >= 0.3 is 0 Å². The lowest BCUT2D eigenvalue weighted by Gasteiger charge is -2.09. The van der Waals surface area contributed by atoms with Gasteiger partial charge in [0.05, 0.1) is 0 Å². The average molecular weight is 186 g/mol. The third kappa shape index (κ3) is 14.1. The smallest absolute Gasteiger partial charge is 0.223 e. The molecule has 1 N–H and O–H groups in total. The highest BCUT2D eigenvalue weighted by Crippen LogP contribution is 1.78. The molecule has 0 spiro atoms. The van der Waals surface area contributed by atoms with Crippen molar-refractivity contribution in [2.45, 2.75) is 20.3 Å². The maximum absolute atomic E-state index is 10.8. The molecule has 0 saturated carbocycles. The lowest BCUT2D eigenvalue weighted by Crippen LogP contribution is -2.30. The minimum atomic E-state index is 0.0434. The number of hydrogen-bond donors (Lipinski definition) is 1. The van der Waals surface area contributed by atoms with Crippen LogP contribution in [0.25, 0.3) is 0 Å². The molecule has 3 nitrogen and oxygen atoms in total. The number of amides is 1. The van der Waals surface area contributed by atoms with Gasteiger partial charge in [0.2, 0.25) is 5.91 Å². The number of hydrogen-bond acceptors (Lipinski definition) is 2. The maximum Gasteiger partial charge on any atom is 0.223 e. The molecule has 0 rings (SSSR count). The van der Waals surface area contributed by atoms with E-state index in [1.165, 1.54) is 0 Å². The normalized spacial score (nSPS) is 8.69. The molecule has 1 amide bonds. The van der Waals surface area contributed by atoms with Gasteiger partial charge in [-0.15, -0.1) is 6.58 Å². The van der Waals surface area contributed by atoms with E-state index in [-0.39, 0.29) is 5.91 Å². The van der Waals surface area contributed by atoms with Gasteiger partial charge in [-0.2, -0.15) is 0 Å². The van der Waals surface area contributed by atoms with E-state index >= 15 is 0 Å². The standard InChI is InChI=1S/C8H16N2O.C2H6/c1-4-5-8(11)9-6-7-10(2)3;1-2/h4H,1,5-7H2,2-3H3,(H,9,11);1-2H3. The van der Waals surface area contributed by atoms with Gasteiger partial charge in [0.1, 0.15) is 0 Å². The number of carbonyl (C=O) groups excluding carboxylic acids is 1. The monoisotopic (exact) mass is 186 g/mol. The first-order valence-electron chi connectivity index (χ1n) is 4.69. The van der Waals surface area contributed by atoms with Crippen LogP contribution in [-0.4, -0.2) is 38.0 Å². The third-order valence-electron chi connectivity index (χ3n) is 1.21. The lowest BCUT2D eigenvalue weighted by molar-refractivity contribution is -0.120. The fourth-order valence-corrected chi connectivity index (χ4v) is 0.622. The number of carbonyl (C=O) groups is 1. The molecule has 0 heterocycles. The Balaban J connectivity index is 0. The SMILES string of the molecule is C=CCC(=O)NCCN(C)C.CC. The van der Waals surface area contributed by atoms with Crippen LogP contribution in [0.3, 0.4) is 0 Å². The second kappa shape index (κ2) is 11.2. The maximum atomic E-state index is 10.8. The zero-order valence-corrected chi connectivity index (χ0v) is 9.26. The molecule has 0 fully saturated rings. The van der Waals surface area contributed by atoms with Gasteiger partial charge < -0.3 is 10.2 Å². The first-order chi connectivity index (χ1) is 6.16. The summed E-state index contributed by atoms with van der Waals surface area (Å²) in [5.74, 6) is 0.0434. The van der Waals surface area contributed by atoms with E-state index < -0.39 is 0 Å². The molecule has 0 aliphatic carbocycles. The molecule has 0 unspecified atom stereocenters. The van der Waals surface area contributed by atoms with Gasteiger partial charge in [-0.25, -0.2) is 0 Å². The van der Waals surface area contributed by atoms with Crippen LogP contribution < -0.4 is 5.32 Å². The second-order valence-corrected chi connectivity index (χ2v) is 2.65. The predicted molar refractivity (Wildman–Crippen MR) is 57.7 cm³/mol. The Labute approximate surface area is 81.8 Å².